The Labute approximate surface area is 118 Å². The highest BCUT2D eigenvalue weighted by atomic mass is 16.5. The van der Waals surface area contributed by atoms with Gasteiger partial charge in [-0.25, -0.2) is 15.8 Å². The van der Waals surface area contributed by atoms with Crippen LogP contribution in [0.25, 0.3) is 11.4 Å². The average Bonchev–Trinajstić information content (AvgIpc) is 2.49. The summed E-state index contributed by atoms with van der Waals surface area (Å²) in [6, 6.07) is 6.24. The van der Waals surface area contributed by atoms with Crippen molar-refractivity contribution in [1.29, 1.82) is 0 Å². The second kappa shape index (κ2) is 5.19. The fourth-order valence-corrected chi connectivity index (χ4v) is 2.36. The van der Waals surface area contributed by atoms with Crippen molar-refractivity contribution in [3.63, 3.8) is 0 Å². The van der Waals surface area contributed by atoms with Crippen molar-refractivity contribution in [2.24, 2.45) is 5.84 Å². The van der Waals surface area contributed by atoms with Gasteiger partial charge in [0.15, 0.2) is 5.82 Å². The average molecular weight is 270 g/mol. The van der Waals surface area contributed by atoms with Crippen LogP contribution in [0.4, 0.5) is 5.82 Å². The number of hydrazine groups is 1. The Hall–Kier alpha value is -1.98. The molecular formula is C15H18N4O. The number of anilines is 1. The van der Waals surface area contributed by atoms with Gasteiger partial charge in [0.25, 0.3) is 0 Å². The third-order valence-electron chi connectivity index (χ3n) is 3.72. The third kappa shape index (κ3) is 2.26. The molecule has 0 fully saturated rings. The Morgan fingerprint density at radius 1 is 1.20 bits per heavy atom. The van der Waals surface area contributed by atoms with Crippen LogP contribution in [0.1, 0.15) is 22.4 Å². The molecule has 0 amide bonds. The van der Waals surface area contributed by atoms with Gasteiger partial charge in [-0.1, -0.05) is 12.1 Å². The van der Waals surface area contributed by atoms with E-state index >= 15 is 0 Å². The number of nitrogens with two attached hydrogens (primary N) is 1. The molecule has 1 aromatic carbocycles. The highest BCUT2D eigenvalue weighted by Gasteiger charge is 2.18. The van der Waals surface area contributed by atoms with Crippen LogP contribution < -0.4 is 11.3 Å². The first-order chi connectivity index (χ1) is 9.69. The van der Waals surface area contributed by atoms with Crippen LogP contribution in [0.2, 0.25) is 0 Å². The maximum atomic E-state index is 5.58. The number of hydrogen-bond donors (Lipinski definition) is 2. The first-order valence-corrected chi connectivity index (χ1v) is 6.71. The minimum absolute atomic E-state index is 0.516. The van der Waals surface area contributed by atoms with Crippen LogP contribution in [0.3, 0.4) is 0 Å². The van der Waals surface area contributed by atoms with Crippen LogP contribution in [0.15, 0.2) is 18.2 Å². The largest absolute Gasteiger partial charge is 0.376 e. The van der Waals surface area contributed by atoms with E-state index in [9.17, 15) is 0 Å². The maximum Gasteiger partial charge on any atom is 0.161 e. The molecule has 0 saturated carbocycles. The molecule has 1 aliphatic rings. The van der Waals surface area contributed by atoms with Gasteiger partial charge in [-0.15, -0.1) is 0 Å². The zero-order valence-corrected chi connectivity index (χ0v) is 11.7. The molecule has 5 nitrogen and oxygen atoms in total. The normalized spacial score (nSPS) is 13.9. The lowest BCUT2D eigenvalue weighted by atomic mass is 10.0. The van der Waals surface area contributed by atoms with E-state index < -0.39 is 0 Å². The van der Waals surface area contributed by atoms with Gasteiger partial charge in [0, 0.05) is 17.5 Å². The number of nitrogens with one attached hydrogen (secondary N) is 1. The number of hydrogen-bond acceptors (Lipinski definition) is 5. The summed E-state index contributed by atoms with van der Waals surface area (Å²) in [6.45, 7) is 5.40. The monoisotopic (exact) mass is 270 g/mol. The van der Waals surface area contributed by atoms with Crippen LogP contribution >= 0.6 is 0 Å². The molecular weight excluding hydrogens is 252 g/mol. The molecule has 1 aliphatic heterocycles. The zero-order chi connectivity index (χ0) is 14.1. The molecule has 0 radical (unpaired) electrons. The van der Waals surface area contributed by atoms with Crippen LogP contribution in [-0.2, 0) is 17.8 Å². The molecule has 0 saturated heterocycles. The quantitative estimate of drug-likeness (QED) is 0.646. The summed E-state index contributed by atoms with van der Waals surface area (Å²) in [5, 5.41) is 0. The Balaban J connectivity index is 2.11. The Kier molecular flexibility index (Phi) is 3.38. The Bertz CT molecular complexity index is 637. The van der Waals surface area contributed by atoms with Crippen molar-refractivity contribution in [1.82, 2.24) is 9.97 Å². The van der Waals surface area contributed by atoms with Crippen molar-refractivity contribution in [3.8, 4) is 11.4 Å². The number of aromatic nitrogens is 2. The second-order valence-corrected chi connectivity index (χ2v) is 5.07. The molecule has 3 N–H and O–H groups in total. The van der Waals surface area contributed by atoms with Crippen molar-refractivity contribution < 1.29 is 4.74 Å². The lowest BCUT2D eigenvalue weighted by Crippen LogP contribution is -2.19. The molecule has 2 heterocycles. The number of fused-ring (bicyclic) bond motifs is 1. The van der Waals surface area contributed by atoms with Gasteiger partial charge in [0.2, 0.25) is 0 Å². The number of nitrogen functional groups attached to an aromatic ring is 1. The first-order valence-electron chi connectivity index (χ1n) is 6.71. The van der Waals surface area contributed by atoms with Crippen LogP contribution in [-0.4, -0.2) is 16.6 Å². The summed E-state index contributed by atoms with van der Waals surface area (Å²) in [6.07, 6.45) is 0.796. The fourth-order valence-electron chi connectivity index (χ4n) is 2.36. The number of nitrogens with zero attached hydrogens (tertiary/aromatic N) is 2. The number of benzene rings is 1. The molecule has 0 aliphatic carbocycles. The van der Waals surface area contributed by atoms with E-state index in [1.807, 2.05) is 6.07 Å². The van der Waals surface area contributed by atoms with Gasteiger partial charge in [-0.2, -0.15) is 0 Å². The van der Waals surface area contributed by atoms with Crippen molar-refractivity contribution in [2.45, 2.75) is 26.9 Å². The summed E-state index contributed by atoms with van der Waals surface area (Å²) in [5.74, 6) is 6.94. The van der Waals surface area contributed by atoms with Crippen molar-refractivity contribution in [2.75, 3.05) is 12.0 Å². The minimum Gasteiger partial charge on any atom is -0.376 e. The molecule has 104 valence electrons. The van der Waals surface area contributed by atoms with E-state index in [2.05, 4.69) is 41.4 Å². The van der Waals surface area contributed by atoms with E-state index in [1.54, 1.807) is 0 Å². The lowest BCUT2D eigenvalue weighted by Gasteiger charge is -2.19. The number of rotatable bonds is 2. The van der Waals surface area contributed by atoms with Crippen molar-refractivity contribution >= 4 is 5.82 Å². The number of aryl methyl sites for hydroxylation is 2. The molecule has 2 aromatic rings. The van der Waals surface area contributed by atoms with Gasteiger partial charge in [-0.3, -0.25) is 0 Å². The standard InChI is InChI=1S/C15H18N4O/c1-9-3-4-11(7-10(9)2)14-17-13-5-6-20-8-12(13)15(18-14)19-16/h3-4,7H,5-6,8,16H2,1-2H3,(H,17,18,19). The summed E-state index contributed by atoms with van der Waals surface area (Å²) < 4.78 is 5.44. The summed E-state index contributed by atoms with van der Waals surface area (Å²) in [4.78, 5) is 9.19. The van der Waals surface area contributed by atoms with E-state index in [4.69, 9.17) is 10.6 Å². The topological polar surface area (TPSA) is 73.1 Å². The van der Waals surface area contributed by atoms with Gasteiger partial charge in [-0.05, 0) is 31.0 Å². The summed E-state index contributed by atoms with van der Waals surface area (Å²) in [7, 11) is 0. The highest BCUT2D eigenvalue weighted by Crippen LogP contribution is 2.26. The smallest absolute Gasteiger partial charge is 0.161 e. The second-order valence-electron chi connectivity index (χ2n) is 5.07. The Morgan fingerprint density at radius 2 is 2.05 bits per heavy atom. The lowest BCUT2D eigenvalue weighted by molar-refractivity contribution is 0.109. The number of ether oxygens (including phenoxy) is 1. The van der Waals surface area contributed by atoms with Gasteiger partial charge in [0.1, 0.15) is 5.82 Å². The molecule has 0 bridgehead atoms. The maximum absolute atomic E-state index is 5.58. The zero-order valence-electron chi connectivity index (χ0n) is 11.7. The third-order valence-corrected chi connectivity index (χ3v) is 3.72. The Morgan fingerprint density at radius 3 is 2.80 bits per heavy atom. The first kappa shape index (κ1) is 13.0. The summed E-state index contributed by atoms with van der Waals surface area (Å²) in [5.41, 5.74) is 8.15. The SMILES string of the molecule is Cc1ccc(-c2nc3c(c(NN)n2)COCC3)cc1C. The molecule has 1 aromatic heterocycles. The molecule has 3 rings (SSSR count). The van der Waals surface area contributed by atoms with E-state index in [0.29, 0.717) is 24.9 Å². The predicted octanol–water partition coefficient (Wildman–Crippen LogP) is 2.12. The molecule has 20 heavy (non-hydrogen) atoms. The predicted molar refractivity (Wildman–Crippen MR) is 78.1 cm³/mol. The minimum atomic E-state index is 0.516. The van der Waals surface area contributed by atoms with Crippen LogP contribution in [0, 0.1) is 13.8 Å². The van der Waals surface area contributed by atoms with E-state index in [-0.39, 0.29) is 0 Å². The molecule has 0 atom stereocenters. The highest BCUT2D eigenvalue weighted by molar-refractivity contribution is 5.61. The fraction of sp³-hybridized carbons (Fsp3) is 0.333. The molecule has 0 spiro atoms. The van der Waals surface area contributed by atoms with Crippen molar-refractivity contribution in [3.05, 3.63) is 40.6 Å². The molecule has 5 heteroatoms. The van der Waals surface area contributed by atoms with Crippen LogP contribution in [0.5, 0.6) is 0 Å². The summed E-state index contributed by atoms with van der Waals surface area (Å²) >= 11 is 0. The van der Waals surface area contributed by atoms with Gasteiger partial charge < -0.3 is 10.2 Å². The van der Waals surface area contributed by atoms with E-state index in [1.165, 1.54) is 11.1 Å². The van der Waals surface area contributed by atoms with E-state index in [0.717, 1.165) is 23.2 Å². The van der Waals surface area contributed by atoms with Gasteiger partial charge in [0.05, 0.1) is 18.9 Å². The molecule has 0 unspecified atom stereocenters. The van der Waals surface area contributed by atoms with Gasteiger partial charge >= 0.3 is 0 Å².